The third kappa shape index (κ3) is 6.33. The predicted molar refractivity (Wildman–Crippen MR) is 103 cm³/mol. The highest BCUT2D eigenvalue weighted by Crippen LogP contribution is 2.26. The van der Waals surface area contributed by atoms with Gasteiger partial charge in [0, 0.05) is 11.6 Å². The number of hydrogen-bond donors (Lipinski definition) is 1. The number of likely N-dealkylation sites (tertiary alicyclic amines) is 1. The monoisotopic (exact) mass is 448 g/mol. The molecule has 5 nitrogen and oxygen atoms in total. The van der Waals surface area contributed by atoms with Crippen molar-refractivity contribution in [2.24, 2.45) is 0 Å². The van der Waals surface area contributed by atoms with E-state index in [4.69, 9.17) is 11.6 Å². The van der Waals surface area contributed by atoms with Crippen LogP contribution in [0.3, 0.4) is 0 Å². The second-order valence-corrected chi connectivity index (χ2v) is 8.90. The highest BCUT2D eigenvalue weighted by molar-refractivity contribution is 7.89. The highest BCUT2D eigenvalue weighted by atomic mass is 35.5. The first kappa shape index (κ1) is 21.9. The molecule has 0 radical (unpaired) electrons. The first-order chi connectivity index (χ1) is 13.6. The molecule has 2 aromatic rings. The Labute approximate surface area is 172 Å². The van der Waals surface area contributed by atoms with E-state index in [1.165, 1.54) is 0 Å². The van der Waals surface area contributed by atoms with Gasteiger partial charge in [-0.2, -0.15) is 0 Å². The van der Waals surface area contributed by atoms with Crippen LogP contribution >= 0.6 is 11.6 Å². The predicted octanol–water partition coefficient (Wildman–Crippen LogP) is 4.35. The lowest BCUT2D eigenvalue weighted by Gasteiger charge is -2.25. The molecule has 1 atom stereocenters. The molecule has 29 heavy (non-hydrogen) atoms. The number of rotatable bonds is 7. The first-order valence-corrected chi connectivity index (χ1v) is 10.8. The van der Waals surface area contributed by atoms with E-state index in [0.29, 0.717) is 11.6 Å². The SMILES string of the molecule is O=S(=O)(N[C@@H](CN1CCCC1)c1ccc(Cl)cc1)c1ccc(OC(F)(F)F)cc1. The molecule has 1 fully saturated rings. The number of hydrogen-bond acceptors (Lipinski definition) is 4. The van der Waals surface area contributed by atoms with Gasteiger partial charge in [0.15, 0.2) is 0 Å². The summed E-state index contributed by atoms with van der Waals surface area (Å²) in [6.07, 6.45) is -2.73. The molecular formula is C19H20ClF3N2O3S. The van der Waals surface area contributed by atoms with Crippen molar-refractivity contribution in [1.29, 1.82) is 0 Å². The van der Waals surface area contributed by atoms with Gasteiger partial charge in [0.25, 0.3) is 0 Å². The molecule has 0 aromatic heterocycles. The van der Waals surface area contributed by atoms with Crippen molar-refractivity contribution in [2.75, 3.05) is 19.6 Å². The number of benzene rings is 2. The van der Waals surface area contributed by atoms with Gasteiger partial charge in [0.2, 0.25) is 10.0 Å². The molecule has 0 amide bonds. The Kier molecular flexibility index (Phi) is 6.72. The fraction of sp³-hybridized carbons (Fsp3) is 0.368. The Morgan fingerprint density at radius 1 is 1.03 bits per heavy atom. The average Bonchev–Trinajstić information content (AvgIpc) is 3.14. The standard InChI is InChI=1S/C19H20ClF3N2O3S/c20-15-5-3-14(4-6-15)18(13-25-11-1-2-12-25)24-29(26,27)17-9-7-16(8-10-17)28-19(21,22)23/h3-10,18,24H,1-2,11-13H2/t18-/m0/s1. The van der Waals surface area contributed by atoms with Crippen LogP contribution in [0.1, 0.15) is 24.4 Å². The Morgan fingerprint density at radius 2 is 1.62 bits per heavy atom. The van der Waals surface area contributed by atoms with Crippen molar-refractivity contribution in [3.05, 3.63) is 59.1 Å². The molecule has 2 aromatic carbocycles. The molecule has 0 aliphatic carbocycles. The van der Waals surface area contributed by atoms with Crippen molar-refractivity contribution in [3.63, 3.8) is 0 Å². The van der Waals surface area contributed by atoms with Crippen LogP contribution in [0.4, 0.5) is 13.2 Å². The molecule has 3 rings (SSSR count). The lowest BCUT2D eigenvalue weighted by atomic mass is 10.1. The van der Waals surface area contributed by atoms with Crippen molar-refractivity contribution in [2.45, 2.75) is 30.1 Å². The molecule has 1 saturated heterocycles. The van der Waals surface area contributed by atoms with E-state index in [9.17, 15) is 21.6 Å². The summed E-state index contributed by atoms with van der Waals surface area (Å²) in [6.45, 7) is 2.25. The van der Waals surface area contributed by atoms with Crippen molar-refractivity contribution in [1.82, 2.24) is 9.62 Å². The minimum absolute atomic E-state index is 0.146. The summed E-state index contributed by atoms with van der Waals surface area (Å²) in [4.78, 5) is 2.02. The van der Waals surface area contributed by atoms with Gasteiger partial charge < -0.3 is 9.64 Å². The van der Waals surface area contributed by atoms with Crippen LogP contribution in [0.2, 0.25) is 5.02 Å². The van der Waals surface area contributed by atoms with E-state index in [2.05, 4.69) is 14.4 Å². The van der Waals surface area contributed by atoms with Crippen LogP contribution in [-0.4, -0.2) is 39.3 Å². The second-order valence-electron chi connectivity index (χ2n) is 6.75. The minimum atomic E-state index is -4.84. The van der Waals surface area contributed by atoms with E-state index in [-0.39, 0.29) is 4.90 Å². The zero-order valence-electron chi connectivity index (χ0n) is 15.3. The Balaban J connectivity index is 1.80. The fourth-order valence-electron chi connectivity index (χ4n) is 3.20. The summed E-state index contributed by atoms with van der Waals surface area (Å²) < 4.78 is 69.0. The molecule has 1 aliphatic rings. The van der Waals surface area contributed by atoms with Gasteiger partial charge in [0.05, 0.1) is 10.9 Å². The van der Waals surface area contributed by atoms with Gasteiger partial charge in [-0.15, -0.1) is 13.2 Å². The summed E-state index contributed by atoms with van der Waals surface area (Å²) in [5.41, 5.74) is 0.752. The maximum atomic E-state index is 12.8. The fourth-order valence-corrected chi connectivity index (χ4v) is 4.55. The van der Waals surface area contributed by atoms with Crippen LogP contribution in [0.25, 0.3) is 0 Å². The average molecular weight is 449 g/mol. The van der Waals surface area contributed by atoms with Gasteiger partial charge in [-0.3, -0.25) is 0 Å². The molecule has 1 heterocycles. The summed E-state index contributed by atoms with van der Waals surface area (Å²) in [6, 6.07) is 10.5. The van der Waals surface area contributed by atoms with Crippen LogP contribution in [-0.2, 0) is 10.0 Å². The van der Waals surface area contributed by atoms with Gasteiger partial charge in [0.1, 0.15) is 5.75 Å². The van der Waals surface area contributed by atoms with E-state index >= 15 is 0 Å². The second kappa shape index (κ2) is 8.91. The molecule has 0 spiro atoms. The summed E-state index contributed by atoms with van der Waals surface area (Å²) in [5, 5.41) is 0.539. The third-order valence-corrected chi connectivity index (χ3v) is 6.32. The number of nitrogens with zero attached hydrogens (tertiary/aromatic N) is 1. The molecule has 158 valence electrons. The molecule has 1 aliphatic heterocycles. The van der Waals surface area contributed by atoms with Gasteiger partial charge in [-0.25, -0.2) is 13.1 Å². The van der Waals surface area contributed by atoms with E-state index in [1.54, 1.807) is 24.3 Å². The number of sulfonamides is 1. The van der Waals surface area contributed by atoms with E-state index < -0.39 is 28.2 Å². The smallest absolute Gasteiger partial charge is 0.406 e. The van der Waals surface area contributed by atoms with E-state index in [0.717, 1.165) is 55.8 Å². The summed E-state index contributed by atoms with van der Waals surface area (Å²) in [7, 11) is -3.97. The molecular weight excluding hydrogens is 429 g/mol. The van der Waals surface area contributed by atoms with Crippen LogP contribution in [0.5, 0.6) is 5.75 Å². The molecule has 10 heteroatoms. The van der Waals surface area contributed by atoms with Gasteiger partial charge in [-0.1, -0.05) is 23.7 Å². The van der Waals surface area contributed by atoms with Gasteiger partial charge in [-0.05, 0) is 67.9 Å². The number of halogens is 4. The third-order valence-electron chi connectivity index (χ3n) is 4.58. The lowest BCUT2D eigenvalue weighted by Crippen LogP contribution is -2.37. The Hall–Kier alpha value is -1.81. The number of nitrogens with one attached hydrogen (secondary N) is 1. The zero-order chi connectivity index (χ0) is 21.1. The quantitative estimate of drug-likeness (QED) is 0.684. The number of alkyl halides is 3. The molecule has 0 bridgehead atoms. The molecule has 0 unspecified atom stereocenters. The maximum absolute atomic E-state index is 12.8. The van der Waals surface area contributed by atoms with Gasteiger partial charge >= 0.3 is 6.36 Å². The maximum Gasteiger partial charge on any atom is 0.573 e. The minimum Gasteiger partial charge on any atom is -0.406 e. The van der Waals surface area contributed by atoms with E-state index in [1.807, 2.05) is 0 Å². The molecule has 0 saturated carbocycles. The van der Waals surface area contributed by atoms with Crippen LogP contribution in [0.15, 0.2) is 53.4 Å². The van der Waals surface area contributed by atoms with Crippen LogP contribution in [0, 0.1) is 0 Å². The normalized spacial score (nSPS) is 16.7. The highest BCUT2D eigenvalue weighted by Gasteiger charge is 2.31. The Bertz CT molecular complexity index is 913. The number of ether oxygens (including phenoxy) is 1. The zero-order valence-corrected chi connectivity index (χ0v) is 16.9. The van der Waals surface area contributed by atoms with Crippen molar-refractivity contribution >= 4 is 21.6 Å². The van der Waals surface area contributed by atoms with Crippen molar-refractivity contribution in [3.8, 4) is 5.75 Å². The largest absolute Gasteiger partial charge is 0.573 e. The summed E-state index contributed by atoms with van der Waals surface area (Å²) >= 11 is 5.94. The topological polar surface area (TPSA) is 58.6 Å². The summed E-state index contributed by atoms with van der Waals surface area (Å²) in [5.74, 6) is -0.484. The first-order valence-electron chi connectivity index (χ1n) is 8.98. The van der Waals surface area contributed by atoms with Crippen molar-refractivity contribution < 1.29 is 26.3 Å². The lowest BCUT2D eigenvalue weighted by molar-refractivity contribution is -0.274. The Morgan fingerprint density at radius 3 is 2.17 bits per heavy atom. The molecule has 1 N–H and O–H groups in total. The van der Waals surface area contributed by atoms with Crippen LogP contribution < -0.4 is 9.46 Å².